The molecule has 0 heterocycles. The first-order valence-electron chi connectivity index (χ1n) is 2.47. The van der Waals surface area contributed by atoms with Gasteiger partial charge in [0, 0.05) is 11.3 Å². The number of hydrogen-bond donors (Lipinski definition) is 0. The van der Waals surface area contributed by atoms with Crippen LogP contribution in [0.2, 0.25) is 0 Å². The van der Waals surface area contributed by atoms with E-state index in [1.807, 2.05) is 0 Å². The Hall–Kier alpha value is 0.760. The topological polar surface area (TPSA) is 40.1 Å². The van der Waals surface area contributed by atoms with Gasteiger partial charge in [0.05, 0.1) is 0 Å². The molecule has 0 N–H and O–H groups in total. The summed E-state index contributed by atoms with van der Waals surface area (Å²) in [7, 11) is 0. The summed E-state index contributed by atoms with van der Waals surface area (Å²) in [4.78, 5) is 9.73. The molecule has 0 saturated heterocycles. The maximum absolute atomic E-state index is 9.73. The van der Waals surface area contributed by atoms with Gasteiger partial charge in [-0.3, -0.25) is 0 Å². The number of rotatable bonds is 3. The van der Waals surface area contributed by atoms with Crippen LogP contribution in [-0.4, -0.2) is 11.3 Å². The zero-order valence-corrected chi connectivity index (χ0v) is 8.44. The van der Waals surface area contributed by atoms with Crippen LogP contribution in [0.25, 0.3) is 0 Å². The van der Waals surface area contributed by atoms with E-state index in [0.29, 0.717) is 6.42 Å². The summed E-state index contributed by atoms with van der Waals surface area (Å²) in [5.74, 6) is -1.03. The minimum Gasteiger partial charge on any atom is -0.550 e. The molecular formula is C5H8ClNaO2. The first kappa shape index (κ1) is 12.4. The fourth-order valence-corrected chi connectivity index (χ4v) is 0.426. The van der Waals surface area contributed by atoms with E-state index >= 15 is 0 Å². The molecule has 2 nitrogen and oxygen atoms in total. The molecule has 0 amide bonds. The molecule has 0 aromatic carbocycles. The molecule has 9 heavy (non-hydrogen) atoms. The zero-order chi connectivity index (χ0) is 6.57. The first-order valence-corrected chi connectivity index (χ1v) is 2.90. The molecule has 0 bridgehead atoms. The first-order chi connectivity index (χ1) is 3.63. The van der Waals surface area contributed by atoms with Gasteiger partial charge in [-0.05, 0) is 19.8 Å². The molecule has 0 aliphatic carbocycles. The predicted octanol–water partition coefficient (Wildman–Crippen LogP) is -2.85. The van der Waals surface area contributed by atoms with E-state index in [1.54, 1.807) is 6.92 Å². The van der Waals surface area contributed by atoms with Gasteiger partial charge >= 0.3 is 29.6 Å². The van der Waals surface area contributed by atoms with Crippen molar-refractivity contribution < 1.29 is 39.5 Å². The van der Waals surface area contributed by atoms with Crippen molar-refractivity contribution in [3.05, 3.63) is 0 Å². The van der Waals surface area contributed by atoms with Gasteiger partial charge in [0.1, 0.15) is 0 Å². The molecule has 0 fully saturated rings. The Balaban J connectivity index is 0. The molecule has 1 unspecified atom stereocenters. The number of alkyl halides is 1. The third-order valence-corrected chi connectivity index (χ3v) is 0.964. The third-order valence-electron chi connectivity index (χ3n) is 0.746. The van der Waals surface area contributed by atoms with Crippen molar-refractivity contribution >= 4 is 17.6 Å². The average Bonchev–Trinajstić information content (AvgIpc) is 1.61. The summed E-state index contributed by atoms with van der Waals surface area (Å²) in [6, 6.07) is 0. The second-order valence-electron chi connectivity index (χ2n) is 1.69. The van der Waals surface area contributed by atoms with Crippen molar-refractivity contribution in [2.24, 2.45) is 0 Å². The Kier molecular flexibility index (Phi) is 9.50. The SMILES string of the molecule is CC(Cl)CCC(=O)[O-].[Na+]. The second kappa shape index (κ2) is 6.87. The van der Waals surface area contributed by atoms with Crippen molar-refractivity contribution in [3.8, 4) is 0 Å². The van der Waals surface area contributed by atoms with Crippen LogP contribution in [0.1, 0.15) is 19.8 Å². The molecule has 0 saturated carbocycles. The smallest absolute Gasteiger partial charge is 0.550 e. The Bertz CT molecular complexity index is 85.0. The quantitative estimate of drug-likeness (QED) is 0.328. The molecular weight excluding hydrogens is 150 g/mol. The Labute approximate surface area is 81.9 Å². The maximum Gasteiger partial charge on any atom is 1.00 e. The van der Waals surface area contributed by atoms with Gasteiger partial charge in [0.15, 0.2) is 0 Å². The van der Waals surface area contributed by atoms with Crippen LogP contribution in [0.4, 0.5) is 0 Å². The number of hydrogen-bond acceptors (Lipinski definition) is 2. The largest absolute Gasteiger partial charge is 1.00 e. The summed E-state index contributed by atoms with van der Waals surface area (Å²) >= 11 is 5.43. The fraction of sp³-hybridized carbons (Fsp3) is 0.800. The van der Waals surface area contributed by atoms with E-state index in [0.717, 1.165) is 0 Å². The van der Waals surface area contributed by atoms with Crippen molar-refractivity contribution in [2.75, 3.05) is 0 Å². The summed E-state index contributed by atoms with van der Waals surface area (Å²) in [5, 5.41) is 9.67. The van der Waals surface area contributed by atoms with Crippen molar-refractivity contribution in [1.82, 2.24) is 0 Å². The van der Waals surface area contributed by atoms with Crippen LogP contribution in [0.15, 0.2) is 0 Å². The third kappa shape index (κ3) is 12.1. The van der Waals surface area contributed by atoms with Gasteiger partial charge in [-0.2, -0.15) is 0 Å². The number of aliphatic carboxylic acids is 1. The zero-order valence-electron chi connectivity index (χ0n) is 5.69. The van der Waals surface area contributed by atoms with Gasteiger partial charge in [0.2, 0.25) is 0 Å². The molecule has 0 spiro atoms. The van der Waals surface area contributed by atoms with Gasteiger partial charge in [-0.15, -0.1) is 11.6 Å². The number of halogens is 1. The van der Waals surface area contributed by atoms with Gasteiger partial charge in [0.25, 0.3) is 0 Å². The molecule has 0 radical (unpaired) electrons. The summed E-state index contributed by atoms with van der Waals surface area (Å²) in [5.41, 5.74) is 0. The predicted molar refractivity (Wildman–Crippen MR) is 29.6 cm³/mol. The van der Waals surface area contributed by atoms with Crippen LogP contribution in [0.5, 0.6) is 0 Å². The molecule has 48 valence electrons. The van der Waals surface area contributed by atoms with E-state index in [9.17, 15) is 9.90 Å². The summed E-state index contributed by atoms with van der Waals surface area (Å²) in [6.45, 7) is 1.75. The molecule has 0 aliphatic heterocycles. The molecule has 1 atom stereocenters. The maximum atomic E-state index is 9.73. The number of carbonyl (C=O) groups is 1. The van der Waals surface area contributed by atoms with Gasteiger partial charge < -0.3 is 9.90 Å². The Morgan fingerprint density at radius 3 is 2.33 bits per heavy atom. The van der Waals surface area contributed by atoms with Crippen molar-refractivity contribution in [1.29, 1.82) is 0 Å². The molecule has 4 heteroatoms. The van der Waals surface area contributed by atoms with Crippen molar-refractivity contribution in [3.63, 3.8) is 0 Å². The minimum absolute atomic E-state index is 0. The van der Waals surface area contributed by atoms with Gasteiger partial charge in [-0.1, -0.05) is 0 Å². The minimum atomic E-state index is -1.03. The standard InChI is InChI=1S/C5H9ClO2.Na/c1-4(6)2-3-5(7)8;/h4H,2-3H2,1H3,(H,7,8);/q;+1/p-1. The van der Waals surface area contributed by atoms with Gasteiger partial charge in [-0.25, -0.2) is 0 Å². The number of carbonyl (C=O) groups excluding carboxylic acids is 1. The molecule has 0 rings (SSSR count). The summed E-state index contributed by atoms with van der Waals surface area (Å²) in [6.07, 6.45) is 0.550. The Morgan fingerprint density at radius 1 is 1.78 bits per heavy atom. The number of carboxylic acids is 1. The monoisotopic (exact) mass is 158 g/mol. The number of carboxylic acid groups (broad SMARTS) is 1. The van der Waals surface area contributed by atoms with E-state index in [-0.39, 0.29) is 41.4 Å². The normalized spacial score (nSPS) is 11.8. The van der Waals surface area contributed by atoms with Crippen LogP contribution >= 0.6 is 11.6 Å². The van der Waals surface area contributed by atoms with E-state index in [1.165, 1.54) is 0 Å². The van der Waals surface area contributed by atoms with E-state index < -0.39 is 5.97 Å². The van der Waals surface area contributed by atoms with Crippen molar-refractivity contribution in [2.45, 2.75) is 25.1 Å². The van der Waals surface area contributed by atoms with Crippen LogP contribution in [0, 0.1) is 0 Å². The van der Waals surface area contributed by atoms with Crippen LogP contribution in [0.3, 0.4) is 0 Å². The molecule has 0 aromatic rings. The second-order valence-corrected chi connectivity index (χ2v) is 2.44. The van der Waals surface area contributed by atoms with E-state index in [2.05, 4.69) is 0 Å². The van der Waals surface area contributed by atoms with E-state index in [4.69, 9.17) is 11.6 Å². The Morgan fingerprint density at radius 2 is 2.22 bits per heavy atom. The summed E-state index contributed by atoms with van der Waals surface area (Å²) < 4.78 is 0. The molecule has 0 aliphatic rings. The average molecular weight is 159 g/mol. The van der Waals surface area contributed by atoms with Crippen LogP contribution < -0.4 is 34.7 Å². The molecule has 0 aromatic heterocycles. The van der Waals surface area contributed by atoms with Crippen LogP contribution in [-0.2, 0) is 4.79 Å². The fourth-order valence-electron chi connectivity index (χ4n) is 0.317.